The zero-order chi connectivity index (χ0) is 21.3. The Bertz CT molecular complexity index is 1090. The van der Waals surface area contributed by atoms with Gasteiger partial charge in [0.15, 0.2) is 0 Å². The Morgan fingerprint density at radius 2 is 1.79 bits per heavy atom. The molecular weight excluding hydrogens is 389 g/mol. The Morgan fingerprint density at radius 3 is 2.38 bits per heavy atom. The number of hydrogen-bond donors (Lipinski definition) is 2. The van der Waals surface area contributed by atoms with Crippen LogP contribution in [0.5, 0.6) is 0 Å². The van der Waals surface area contributed by atoms with Crippen molar-refractivity contribution in [2.24, 2.45) is 5.73 Å². The van der Waals surface area contributed by atoms with Crippen molar-refractivity contribution in [3.63, 3.8) is 0 Å². The van der Waals surface area contributed by atoms with Crippen LogP contribution in [-0.4, -0.2) is 31.4 Å². The first-order valence-electron chi connectivity index (χ1n) is 8.56. The molecule has 11 heteroatoms. The number of primary amides is 1. The van der Waals surface area contributed by atoms with Crippen molar-refractivity contribution in [2.45, 2.75) is 32.9 Å². The first-order valence-corrected chi connectivity index (χ1v) is 8.56. The van der Waals surface area contributed by atoms with Gasteiger partial charge in [0, 0.05) is 29.1 Å². The van der Waals surface area contributed by atoms with Crippen LogP contribution in [0.4, 0.5) is 18.9 Å². The van der Waals surface area contributed by atoms with Gasteiger partial charge in [-0.3, -0.25) is 9.59 Å². The second-order valence-corrected chi connectivity index (χ2v) is 6.40. The van der Waals surface area contributed by atoms with Crippen molar-refractivity contribution in [3.8, 4) is 0 Å². The van der Waals surface area contributed by atoms with Gasteiger partial charge in [-0.1, -0.05) is 0 Å². The van der Waals surface area contributed by atoms with Gasteiger partial charge in [0.2, 0.25) is 11.8 Å². The molecule has 29 heavy (non-hydrogen) atoms. The lowest BCUT2D eigenvalue weighted by molar-refractivity contribution is -0.144. The molecule has 0 atom stereocenters. The number of rotatable bonds is 5. The minimum atomic E-state index is -4.67. The molecule has 3 rings (SSSR count). The van der Waals surface area contributed by atoms with E-state index in [9.17, 15) is 22.8 Å². The number of nitrogens with zero attached hydrogens (tertiary/aromatic N) is 4. The molecule has 152 valence electrons. The van der Waals surface area contributed by atoms with E-state index in [1.807, 2.05) is 0 Å². The summed E-state index contributed by atoms with van der Waals surface area (Å²) in [6.07, 6.45) is -4.33. The molecule has 0 saturated heterocycles. The maximum atomic E-state index is 12.8. The summed E-state index contributed by atoms with van der Waals surface area (Å²) in [6.45, 7) is 3.25. The van der Waals surface area contributed by atoms with Gasteiger partial charge in [0.05, 0.1) is 0 Å². The fraction of sp³-hybridized carbons (Fsp3) is 0.278. The normalized spacial score (nSPS) is 11.6. The van der Waals surface area contributed by atoms with Crippen molar-refractivity contribution in [1.29, 1.82) is 0 Å². The number of alkyl halides is 3. The molecule has 0 aliphatic rings. The smallest absolute Gasteiger partial charge is 0.366 e. The Kier molecular flexibility index (Phi) is 5.23. The molecular formula is C18H17F3N6O2. The second kappa shape index (κ2) is 7.49. The SMILES string of the molecule is Cc1nc2nc(C(F)(F)F)nn2c(C)c1CCC(=O)Nc1ccc(C(N)=O)cc1. The highest BCUT2D eigenvalue weighted by Crippen LogP contribution is 2.27. The summed E-state index contributed by atoms with van der Waals surface area (Å²) in [5, 5.41) is 6.17. The number of aryl methyl sites for hydroxylation is 2. The molecule has 0 unspecified atom stereocenters. The lowest BCUT2D eigenvalue weighted by Crippen LogP contribution is -2.15. The third-order valence-corrected chi connectivity index (χ3v) is 4.36. The van der Waals surface area contributed by atoms with Gasteiger partial charge in [-0.15, -0.1) is 5.10 Å². The van der Waals surface area contributed by atoms with Gasteiger partial charge < -0.3 is 11.1 Å². The van der Waals surface area contributed by atoms with Gasteiger partial charge >= 0.3 is 6.18 Å². The van der Waals surface area contributed by atoms with Crippen LogP contribution in [0.25, 0.3) is 5.78 Å². The van der Waals surface area contributed by atoms with Gasteiger partial charge in [-0.05, 0) is 50.1 Å². The summed E-state index contributed by atoms with van der Waals surface area (Å²) in [5.41, 5.74) is 7.52. The second-order valence-electron chi connectivity index (χ2n) is 6.40. The van der Waals surface area contributed by atoms with Crippen LogP contribution in [0.2, 0.25) is 0 Å². The highest BCUT2D eigenvalue weighted by molar-refractivity contribution is 5.94. The molecule has 0 aliphatic heterocycles. The largest absolute Gasteiger partial charge is 0.453 e. The van der Waals surface area contributed by atoms with E-state index in [0.29, 0.717) is 28.2 Å². The third kappa shape index (κ3) is 4.33. The van der Waals surface area contributed by atoms with Gasteiger partial charge in [-0.25, -0.2) is 9.50 Å². The van der Waals surface area contributed by atoms with E-state index in [2.05, 4.69) is 20.4 Å². The van der Waals surface area contributed by atoms with E-state index in [1.54, 1.807) is 26.0 Å². The molecule has 0 bridgehead atoms. The third-order valence-electron chi connectivity index (χ3n) is 4.36. The maximum Gasteiger partial charge on any atom is 0.453 e. The molecule has 2 amide bonds. The number of amides is 2. The first-order chi connectivity index (χ1) is 13.6. The van der Waals surface area contributed by atoms with Crippen molar-refractivity contribution in [1.82, 2.24) is 19.6 Å². The topological polar surface area (TPSA) is 115 Å². The molecule has 0 spiro atoms. The number of halogens is 3. The minimum Gasteiger partial charge on any atom is -0.366 e. The van der Waals surface area contributed by atoms with Gasteiger partial charge in [-0.2, -0.15) is 18.2 Å². The fourth-order valence-electron chi connectivity index (χ4n) is 2.87. The highest BCUT2D eigenvalue weighted by atomic mass is 19.4. The Morgan fingerprint density at radius 1 is 1.14 bits per heavy atom. The predicted molar refractivity (Wildman–Crippen MR) is 97.2 cm³/mol. The summed E-state index contributed by atoms with van der Waals surface area (Å²) in [7, 11) is 0. The Labute approximate surface area is 162 Å². The number of aromatic nitrogens is 4. The van der Waals surface area contributed by atoms with E-state index in [1.165, 1.54) is 12.1 Å². The molecule has 0 fully saturated rings. The van der Waals surface area contributed by atoms with Crippen molar-refractivity contribution in [3.05, 3.63) is 52.6 Å². The summed E-state index contributed by atoms with van der Waals surface area (Å²) in [4.78, 5) is 30.8. The number of carbonyl (C=O) groups excluding carboxylic acids is 2. The zero-order valence-electron chi connectivity index (χ0n) is 15.5. The molecule has 0 radical (unpaired) electrons. The van der Waals surface area contributed by atoms with Crippen LogP contribution in [0.15, 0.2) is 24.3 Å². The number of nitrogens with one attached hydrogen (secondary N) is 1. The van der Waals surface area contributed by atoms with E-state index < -0.39 is 17.9 Å². The maximum absolute atomic E-state index is 12.8. The molecule has 2 aromatic heterocycles. The van der Waals surface area contributed by atoms with Gasteiger partial charge in [0.1, 0.15) is 0 Å². The summed E-state index contributed by atoms with van der Waals surface area (Å²) < 4.78 is 39.6. The number of carbonyl (C=O) groups is 2. The monoisotopic (exact) mass is 406 g/mol. The van der Waals surface area contributed by atoms with E-state index in [4.69, 9.17) is 5.73 Å². The summed E-state index contributed by atoms with van der Waals surface area (Å²) >= 11 is 0. The lowest BCUT2D eigenvalue weighted by atomic mass is 10.1. The Balaban J connectivity index is 1.74. The number of anilines is 1. The van der Waals surface area contributed by atoms with Crippen LogP contribution in [-0.2, 0) is 17.4 Å². The van der Waals surface area contributed by atoms with Crippen molar-refractivity contribution >= 4 is 23.3 Å². The van der Waals surface area contributed by atoms with Crippen LogP contribution < -0.4 is 11.1 Å². The number of benzene rings is 1. The molecule has 0 saturated carbocycles. The number of fused-ring (bicyclic) bond motifs is 1. The van der Waals surface area contributed by atoms with Crippen molar-refractivity contribution < 1.29 is 22.8 Å². The first kappa shape index (κ1) is 20.2. The molecule has 2 heterocycles. The summed E-state index contributed by atoms with van der Waals surface area (Å²) in [6, 6.07) is 6.09. The van der Waals surface area contributed by atoms with Crippen LogP contribution in [0.3, 0.4) is 0 Å². The van der Waals surface area contributed by atoms with E-state index in [-0.39, 0.29) is 24.5 Å². The van der Waals surface area contributed by atoms with Gasteiger partial charge in [0.25, 0.3) is 11.6 Å². The number of nitrogens with two attached hydrogens (primary N) is 1. The molecule has 8 nitrogen and oxygen atoms in total. The molecule has 3 aromatic rings. The van der Waals surface area contributed by atoms with Crippen molar-refractivity contribution in [2.75, 3.05) is 5.32 Å². The van der Waals surface area contributed by atoms with E-state index >= 15 is 0 Å². The summed E-state index contributed by atoms with van der Waals surface area (Å²) in [5.74, 6) is -2.28. The average Bonchev–Trinajstić information content (AvgIpc) is 3.06. The minimum absolute atomic E-state index is 0.0766. The number of hydrogen-bond acceptors (Lipinski definition) is 5. The highest BCUT2D eigenvalue weighted by Gasteiger charge is 2.36. The molecule has 3 N–H and O–H groups in total. The predicted octanol–water partition coefficient (Wildman–Crippen LogP) is 2.43. The molecule has 0 aliphatic carbocycles. The van der Waals surface area contributed by atoms with Crippen LogP contribution in [0.1, 0.15) is 39.6 Å². The standard InChI is InChI=1S/C18H17F3N6O2/c1-9-13(10(2)27-17(23-9)25-16(26-27)18(19,20)21)7-8-14(28)24-12-5-3-11(4-6-12)15(22)29/h3-6H,7-8H2,1-2H3,(H2,22,29)(H,24,28). The quantitative estimate of drug-likeness (QED) is 0.675. The fourth-order valence-corrected chi connectivity index (χ4v) is 2.87. The zero-order valence-corrected chi connectivity index (χ0v) is 15.5. The molecule has 1 aromatic carbocycles. The van der Waals surface area contributed by atoms with Crippen LogP contribution in [0, 0.1) is 13.8 Å². The van der Waals surface area contributed by atoms with Crippen LogP contribution >= 0.6 is 0 Å². The lowest BCUT2D eigenvalue weighted by Gasteiger charge is -2.10. The average molecular weight is 406 g/mol. The Hall–Kier alpha value is -3.50. The van der Waals surface area contributed by atoms with E-state index in [0.717, 1.165) is 4.52 Å².